The van der Waals surface area contributed by atoms with Crippen LogP contribution in [0.5, 0.6) is 0 Å². The monoisotopic (exact) mass is 1600 g/mol. The lowest BCUT2D eigenvalue weighted by Gasteiger charge is -2.65. The lowest BCUT2D eigenvalue weighted by Crippen LogP contribution is -2.65. The summed E-state index contributed by atoms with van der Waals surface area (Å²) in [5.74, 6) is -13.8. The first-order valence-corrected chi connectivity index (χ1v) is 40.9. The van der Waals surface area contributed by atoms with E-state index in [9.17, 15) is 136 Å². The topological polar surface area (TPSA) is 477 Å². The van der Waals surface area contributed by atoms with Gasteiger partial charge in [0.1, 0.15) is 23.9 Å². The van der Waals surface area contributed by atoms with Crippen molar-refractivity contribution in [2.45, 2.75) is 280 Å². The molecule has 0 aromatic carbocycles. The van der Waals surface area contributed by atoms with E-state index in [4.69, 9.17) is 23.7 Å². The molecule has 6 saturated heterocycles. The van der Waals surface area contributed by atoms with Gasteiger partial charge in [-0.25, -0.2) is 52.8 Å². The Hall–Kier alpha value is -3.95. The Morgan fingerprint density at radius 2 is 0.827 bits per heavy atom. The minimum absolute atomic E-state index is 0.131. The molecule has 8 aliphatic carbocycles. The Bertz CT molecular complexity index is 3670. The Balaban J connectivity index is 0.000000161. The van der Waals surface area contributed by atoms with Gasteiger partial charge in [-0.15, -0.1) is 11.8 Å². The number of thioether (sulfide) groups is 1. The van der Waals surface area contributed by atoms with Gasteiger partial charge in [0.15, 0.2) is 64.9 Å². The minimum Gasteiger partial charge on any atom is -0.743 e. The number of carbonyl (C=O) groups is 6. The van der Waals surface area contributed by atoms with Gasteiger partial charge >= 0.3 is 56.8 Å². The molecule has 104 heavy (non-hydrogen) atoms. The first kappa shape index (κ1) is 84.1. The Morgan fingerprint density at radius 1 is 0.452 bits per heavy atom. The van der Waals surface area contributed by atoms with E-state index in [-0.39, 0.29) is 61.2 Å². The van der Waals surface area contributed by atoms with Crippen molar-refractivity contribution in [3.8, 4) is 0 Å². The minimum atomic E-state index is -6.29. The van der Waals surface area contributed by atoms with Crippen molar-refractivity contribution in [2.24, 2.45) is 64.1 Å². The van der Waals surface area contributed by atoms with E-state index in [1.165, 1.54) is 11.8 Å². The average molecular weight is 1610 g/mol. The molecule has 42 heteroatoms. The number of hydrogen-bond acceptors (Lipinski definition) is 30. The zero-order valence-electron chi connectivity index (χ0n) is 57.4. The van der Waals surface area contributed by atoms with E-state index < -0.39 is 208 Å². The zero-order valence-corrected chi connectivity index (χ0v) is 61.5. The highest BCUT2D eigenvalue weighted by molar-refractivity contribution is 8.01. The van der Waals surface area contributed by atoms with Gasteiger partial charge < -0.3 is 71.8 Å². The molecule has 14 fully saturated rings. The van der Waals surface area contributed by atoms with Gasteiger partial charge in [0.05, 0.1) is 44.7 Å². The number of halogens is 8. The van der Waals surface area contributed by atoms with Gasteiger partial charge in [0.25, 0.3) is 0 Å². The third-order valence-corrected chi connectivity index (χ3v) is 30.2. The van der Waals surface area contributed by atoms with Crippen LogP contribution in [0.15, 0.2) is 0 Å². The maximum absolute atomic E-state index is 13.6. The Labute approximate surface area is 598 Å². The summed E-state index contributed by atoms with van der Waals surface area (Å²) in [5.41, 5.74) is -6.63. The molecule has 29 nitrogen and oxygen atoms in total. The summed E-state index contributed by atoms with van der Waals surface area (Å²) < 4.78 is 271. The van der Waals surface area contributed by atoms with Crippen molar-refractivity contribution in [3.63, 3.8) is 0 Å². The predicted octanol–water partition coefficient (Wildman–Crippen LogP) is 4.74. The van der Waals surface area contributed by atoms with Crippen LogP contribution in [0, 0.1) is 64.1 Å². The third-order valence-electron chi connectivity index (χ3n) is 25.3. The van der Waals surface area contributed by atoms with Crippen molar-refractivity contribution < 1.29 is 169 Å². The number of ether oxygens (including phenoxy) is 7. The molecule has 596 valence electrons. The van der Waals surface area contributed by atoms with E-state index in [1.54, 1.807) is 27.7 Å². The molecule has 16 unspecified atom stereocenters. The van der Waals surface area contributed by atoms with Gasteiger partial charge in [-0.2, -0.15) is 35.1 Å². The van der Waals surface area contributed by atoms with Crippen LogP contribution in [0.1, 0.15) is 177 Å². The second kappa shape index (κ2) is 27.8. The van der Waals surface area contributed by atoms with Gasteiger partial charge in [0.2, 0.25) is 0 Å². The molecule has 0 aromatic heterocycles. The molecule has 6 heterocycles. The summed E-state index contributed by atoms with van der Waals surface area (Å²) in [6.45, 7) is 14.3. The van der Waals surface area contributed by atoms with Crippen LogP contribution in [-0.4, -0.2) is 210 Å². The molecule has 6 aliphatic heterocycles. The zero-order chi connectivity index (χ0) is 78.4. The number of hydrogen-bond donors (Lipinski definition) is 4. The molecule has 14 aliphatic rings. The number of alkyl halides is 8. The highest BCUT2D eigenvalue weighted by atomic mass is 32.2. The highest BCUT2D eigenvalue weighted by Crippen LogP contribution is 2.69. The SMILES string of the molecule is CCC(O)(CC)C12CC3CC(C1)C(OC(=O)C(F)(F)S(=O)(=O)[O-])C(C3)C2.CCC(O)(CC)C12CC3CC(CC(OC(=O)C(F)(F)S(=O)(=O)[O-])(C3)C1)C2.CCC(O)(CC)C1C2OC3C(OC(=O)C31)C2OC(=O)C(F)(F)S(=O)(=O)[O-].CCC(O)(CC)C1C2SC3C(OC(=O)C31)C2OC(=O)C(F)(F)S(=O)(=O)[O-]. The molecule has 4 N–H and O–H groups in total. The van der Waals surface area contributed by atoms with E-state index in [0.29, 0.717) is 70.1 Å². The molecular formula is C62H84F8O29S5-4. The van der Waals surface area contributed by atoms with Crippen LogP contribution >= 0.6 is 11.8 Å². The van der Waals surface area contributed by atoms with Crippen molar-refractivity contribution in [1.29, 1.82) is 0 Å². The second-order valence-electron chi connectivity index (χ2n) is 30.2. The van der Waals surface area contributed by atoms with E-state index in [2.05, 4.69) is 9.47 Å². The van der Waals surface area contributed by atoms with Crippen LogP contribution in [0.2, 0.25) is 0 Å². The number of fused-ring (bicyclic) bond motifs is 2. The van der Waals surface area contributed by atoms with Crippen LogP contribution in [0.4, 0.5) is 35.1 Å². The first-order valence-electron chi connectivity index (χ1n) is 34.3. The van der Waals surface area contributed by atoms with Gasteiger partial charge in [-0.05, 0) is 152 Å². The standard InChI is InChI=1S/2C17H26F2O6S.C14H18F2O9S.C14H18F2O8S2/c1-3-16(21,4-2)14-6-11-5-12(7-14)9-15(8-11,10-14)25-13(20)17(18,19)26(22,23)24;1-3-16(21,4-2)15-7-10-5-11(8-15)13(12(6-10)9-15)25-14(20)17(18,19)26(22,23)24;1-3-13(19,4-2)6-5-7-9(24-11(5)17)10(8(6)23-7)25-12(18)14(15,16)26(20,21)22;1-3-13(19,4-2)6-5-9-7(23-11(5)17)8(10(6)25-9)24-12(18)14(15,16)26(20,21)22/h11-12,21H,3-10H2,1-2H3,(H,22,23,24);10-13,21H,3-9H2,1-2H3,(H,22,23,24);2*5-10,19H,3-4H2,1-2H3,(H,20,21,22)/p-4. The van der Waals surface area contributed by atoms with Crippen molar-refractivity contribution in [3.05, 3.63) is 0 Å². The molecule has 0 radical (unpaired) electrons. The van der Waals surface area contributed by atoms with Crippen LogP contribution in [0.3, 0.4) is 0 Å². The molecule has 0 aromatic rings. The normalized spacial score (nSPS) is 36.7. The summed E-state index contributed by atoms with van der Waals surface area (Å²) in [5, 5.41) is 22.1. The number of aliphatic hydroxyl groups is 4. The van der Waals surface area contributed by atoms with Crippen LogP contribution < -0.4 is 0 Å². The van der Waals surface area contributed by atoms with E-state index in [1.807, 2.05) is 27.7 Å². The third kappa shape index (κ3) is 13.7. The van der Waals surface area contributed by atoms with Crippen molar-refractivity contribution >= 4 is 88.1 Å². The largest absolute Gasteiger partial charge is 0.743 e. The summed E-state index contributed by atoms with van der Waals surface area (Å²) in [4.78, 5) is 71.1. The summed E-state index contributed by atoms with van der Waals surface area (Å²) in [7, 11) is -24.8. The molecule has 16 atom stereocenters. The second-order valence-corrected chi connectivity index (χ2v) is 37.2. The Kier molecular flexibility index (Phi) is 22.5. The smallest absolute Gasteiger partial charge is 0.428 e. The van der Waals surface area contributed by atoms with E-state index in [0.717, 1.165) is 25.7 Å². The van der Waals surface area contributed by atoms with Gasteiger partial charge in [-0.1, -0.05) is 55.4 Å². The number of esters is 6. The molecular weight excluding hydrogens is 1520 g/mol. The summed E-state index contributed by atoms with van der Waals surface area (Å²) in [6.07, 6.45) is 1.94. The lowest BCUT2D eigenvalue weighted by atomic mass is 9.43. The molecule has 12 bridgehead atoms. The number of carbonyl (C=O) groups excluding carboxylic acids is 6. The summed E-state index contributed by atoms with van der Waals surface area (Å²) >= 11 is 1.19. The van der Waals surface area contributed by atoms with E-state index >= 15 is 0 Å². The van der Waals surface area contributed by atoms with Crippen molar-refractivity contribution in [1.82, 2.24) is 0 Å². The fraction of sp³-hybridized carbons (Fsp3) is 0.903. The van der Waals surface area contributed by atoms with Crippen LogP contribution in [0.25, 0.3) is 0 Å². The average Bonchev–Trinajstić information content (AvgIpc) is 1.68. The van der Waals surface area contributed by atoms with Gasteiger partial charge in [0, 0.05) is 22.7 Å². The molecule has 14 rings (SSSR count). The van der Waals surface area contributed by atoms with Crippen molar-refractivity contribution in [2.75, 3.05) is 0 Å². The summed E-state index contributed by atoms with van der Waals surface area (Å²) in [6, 6.07) is 0. The fourth-order valence-corrected chi connectivity index (χ4v) is 23.6. The number of rotatable bonds is 24. The maximum Gasteiger partial charge on any atom is 0.428 e. The maximum atomic E-state index is 13.6. The molecule has 8 saturated carbocycles. The Morgan fingerprint density at radius 3 is 1.25 bits per heavy atom. The highest BCUT2D eigenvalue weighted by Gasteiger charge is 2.76. The molecule has 0 amide bonds. The predicted molar refractivity (Wildman–Crippen MR) is 330 cm³/mol. The fourth-order valence-electron chi connectivity index (χ4n) is 20.5. The lowest BCUT2D eigenvalue weighted by molar-refractivity contribution is -0.248. The van der Waals surface area contributed by atoms with Gasteiger partial charge in [-0.3, -0.25) is 9.59 Å². The quantitative estimate of drug-likeness (QED) is 0.0439. The molecule has 0 spiro atoms. The van der Waals surface area contributed by atoms with Crippen LogP contribution in [-0.2, 0) is 102 Å². The first-order chi connectivity index (χ1) is 47.5.